The van der Waals surface area contributed by atoms with E-state index < -0.39 is 6.04 Å². The molecule has 0 spiro atoms. The van der Waals surface area contributed by atoms with Crippen molar-refractivity contribution in [2.45, 2.75) is 19.0 Å². The number of halogens is 1. The Bertz CT molecular complexity index is 1320. The fraction of sp³-hybridized carbons (Fsp3) is 0.192. The lowest BCUT2D eigenvalue weighted by Crippen LogP contribution is -2.37. The second-order valence-electron chi connectivity index (χ2n) is 8.24. The maximum absolute atomic E-state index is 13.6. The number of rotatable bonds is 7. The number of carbonyl (C=O) groups is 2. The third-order valence-electron chi connectivity index (χ3n) is 5.95. The Hall–Kier alpha value is -3.82. The molecule has 184 valence electrons. The summed E-state index contributed by atoms with van der Waals surface area (Å²) >= 11 is 11.8. The molecule has 2 aliphatic heterocycles. The molecule has 1 atom stereocenters. The van der Waals surface area contributed by atoms with Crippen molar-refractivity contribution in [2.24, 2.45) is 0 Å². The maximum atomic E-state index is 13.6. The number of nitrogens with zero attached hydrogens (tertiary/aromatic N) is 2. The highest BCUT2D eigenvalue weighted by molar-refractivity contribution is 7.80. The number of thiocarbonyl (C=S) groups is 1. The van der Waals surface area contributed by atoms with Gasteiger partial charge in [-0.05, 0) is 78.4 Å². The second kappa shape index (κ2) is 10.0. The van der Waals surface area contributed by atoms with Gasteiger partial charge in [0.1, 0.15) is 11.8 Å². The van der Waals surface area contributed by atoms with Gasteiger partial charge >= 0.3 is 0 Å². The number of hydrogen-bond acceptors (Lipinski definition) is 6. The molecule has 0 saturated carbocycles. The van der Waals surface area contributed by atoms with Crippen LogP contribution in [0.5, 0.6) is 17.2 Å². The molecule has 3 aromatic rings. The van der Waals surface area contributed by atoms with Gasteiger partial charge in [0.05, 0.1) is 19.2 Å². The molecule has 3 aromatic carbocycles. The maximum Gasteiger partial charge on any atom is 0.256 e. The highest BCUT2D eigenvalue weighted by Crippen LogP contribution is 2.35. The molecule has 0 aromatic heterocycles. The molecule has 8 nitrogen and oxygen atoms in total. The van der Waals surface area contributed by atoms with Crippen LogP contribution < -0.4 is 24.4 Å². The van der Waals surface area contributed by atoms with Gasteiger partial charge in [0.25, 0.3) is 5.91 Å². The van der Waals surface area contributed by atoms with E-state index in [0.29, 0.717) is 45.3 Å². The zero-order chi connectivity index (χ0) is 25.2. The Morgan fingerprint density at radius 2 is 1.81 bits per heavy atom. The Morgan fingerprint density at radius 1 is 1.08 bits per heavy atom. The Kier molecular flexibility index (Phi) is 6.67. The predicted molar refractivity (Wildman–Crippen MR) is 140 cm³/mol. The minimum Gasteiger partial charge on any atom is -0.497 e. The molecule has 10 heteroatoms. The van der Waals surface area contributed by atoms with Gasteiger partial charge in [-0.25, -0.2) is 0 Å². The van der Waals surface area contributed by atoms with Crippen LogP contribution in [0.3, 0.4) is 0 Å². The highest BCUT2D eigenvalue weighted by atomic mass is 35.5. The van der Waals surface area contributed by atoms with Gasteiger partial charge in [-0.15, -0.1) is 0 Å². The van der Waals surface area contributed by atoms with Gasteiger partial charge in [-0.2, -0.15) is 0 Å². The number of methoxy groups -OCH3 is 1. The van der Waals surface area contributed by atoms with E-state index in [1.807, 2.05) is 18.2 Å². The Balaban J connectivity index is 1.40. The number of hydrogen-bond donors (Lipinski definition) is 1. The van der Waals surface area contributed by atoms with Crippen molar-refractivity contribution in [3.63, 3.8) is 0 Å². The molecule has 1 unspecified atom stereocenters. The topological polar surface area (TPSA) is 80.3 Å². The van der Waals surface area contributed by atoms with Gasteiger partial charge in [0, 0.05) is 17.3 Å². The number of anilines is 2. The summed E-state index contributed by atoms with van der Waals surface area (Å²) in [4.78, 5) is 29.8. The summed E-state index contributed by atoms with van der Waals surface area (Å²) in [6, 6.07) is 18.6. The summed E-state index contributed by atoms with van der Waals surface area (Å²) < 4.78 is 16.0. The number of fused-ring (bicyclic) bond motifs is 1. The second-order valence-corrected chi connectivity index (χ2v) is 9.05. The normalized spacial score (nSPS) is 16.4. The molecule has 2 amide bonds. The fourth-order valence-electron chi connectivity index (χ4n) is 4.14. The molecule has 2 aliphatic rings. The van der Waals surface area contributed by atoms with Gasteiger partial charge < -0.3 is 24.4 Å². The van der Waals surface area contributed by atoms with Crippen molar-refractivity contribution >= 4 is 52.1 Å². The molecule has 0 radical (unpaired) electrons. The van der Waals surface area contributed by atoms with Crippen LogP contribution in [0.1, 0.15) is 12.0 Å². The Morgan fingerprint density at radius 3 is 2.53 bits per heavy atom. The first kappa shape index (κ1) is 23.9. The number of ether oxygens (including phenoxy) is 3. The summed E-state index contributed by atoms with van der Waals surface area (Å²) in [5.41, 5.74) is 2.06. The average molecular weight is 524 g/mol. The molecule has 1 saturated heterocycles. The minimum atomic E-state index is -0.795. The van der Waals surface area contributed by atoms with Crippen LogP contribution in [0.4, 0.5) is 11.4 Å². The lowest BCUT2D eigenvalue weighted by molar-refractivity contribution is -0.124. The molecule has 1 fully saturated rings. The SMILES string of the molecule is COc1ccc(NC(=O)CC2C(=O)N(c3ccc(Cl)cc3)C(=S)N2Cc2ccc3c(c2)OCO3)cc1. The zero-order valence-electron chi connectivity index (χ0n) is 19.3. The third kappa shape index (κ3) is 4.80. The molecule has 2 heterocycles. The standard InChI is InChI=1S/C26H22ClN3O5S/c1-33-20-9-5-18(6-10-20)28-24(31)13-21-25(32)30(19-7-3-17(27)4-8-19)26(36)29(21)14-16-2-11-22-23(12-16)35-15-34-22/h2-12,21H,13-15H2,1H3,(H,28,31). The summed E-state index contributed by atoms with van der Waals surface area (Å²) in [5.74, 6) is 1.38. The number of benzene rings is 3. The average Bonchev–Trinajstić information content (AvgIpc) is 3.43. The van der Waals surface area contributed by atoms with Crippen molar-refractivity contribution < 1.29 is 23.8 Å². The quantitative estimate of drug-likeness (QED) is 0.453. The van der Waals surface area contributed by atoms with Gasteiger partial charge in [-0.1, -0.05) is 17.7 Å². The number of carbonyl (C=O) groups excluding carboxylic acids is 2. The first-order valence-corrected chi connectivity index (χ1v) is 11.9. The predicted octanol–water partition coefficient (Wildman–Crippen LogP) is 4.61. The van der Waals surface area contributed by atoms with Crippen molar-refractivity contribution in [3.05, 3.63) is 77.3 Å². The van der Waals surface area contributed by atoms with Crippen LogP contribution in [-0.2, 0) is 16.1 Å². The monoisotopic (exact) mass is 523 g/mol. The van der Waals surface area contributed by atoms with E-state index in [9.17, 15) is 9.59 Å². The van der Waals surface area contributed by atoms with Crippen LogP contribution >= 0.6 is 23.8 Å². The van der Waals surface area contributed by atoms with Gasteiger partial charge in [0.15, 0.2) is 16.6 Å². The van der Waals surface area contributed by atoms with Gasteiger partial charge in [0.2, 0.25) is 12.7 Å². The van der Waals surface area contributed by atoms with E-state index in [1.54, 1.807) is 60.5 Å². The summed E-state index contributed by atoms with van der Waals surface area (Å²) in [5, 5.41) is 3.70. The van der Waals surface area contributed by atoms with E-state index in [1.165, 1.54) is 4.90 Å². The fourth-order valence-corrected chi connectivity index (χ4v) is 4.65. The molecule has 1 N–H and O–H groups in total. The number of amides is 2. The summed E-state index contributed by atoms with van der Waals surface area (Å²) in [6.45, 7) is 0.476. The van der Waals surface area contributed by atoms with Crippen molar-refractivity contribution in [1.82, 2.24) is 4.90 Å². The van der Waals surface area contributed by atoms with E-state index >= 15 is 0 Å². The molecule has 0 aliphatic carbocycles. The van der Waals surface area contributed by atoms with Crippen molar-refractivity contribution in [3.8, 4) is 17.2 Å². The smallest absolute Gasteiger partial charge is 0.256 e. The van der Waals surface area contributed by atoms with Crippen LogP contribution in [-0.4, -0.2) is 41.8 Å². The molecular formula is C26H22ClN3O5S. The Labute approximate surface area is 218 Å². The largest absolute Gasteiger partial charge is 0.497 e. The van der Waals surface area contributed by atoms with E-state index in [-0.39, 0.29) is 25.0 Å². The lowest BCUT2D eigenvalue weighted by atomic mass is 10.1. The zero-order valence-corrected chi connectivity index (χ0v) is 20.8. The minimum absolute atomic E-state index is 0.0837. The lowest BCUT2D eigenvalue weighted by Gasteiger charge is -2.24. The first-order chi connectivity index (χ1) is 17.4. The molecular weight excluding hydrogens is 502 g/mol. The summed E-state index contributed by atoms with van der Waals surface area (Å²) in [6.07, 6.45) is -0.0837. The molecule has 0 bridgehead atoms. The molecule has 36 heavy (non-hydrogen) atoms. The van der Waals surface area contributed by atoms with Crippen molar-refractivity contribution in [2.75, 3.05) is 24.1 Å². The van der Waals surface area contributed by atoms with Crippen LogP contribution in [0.25, 0.3) is 0 Å². The van der Waals surface area contributed by atoms with Crippen LogP contribution in [0.15, 0.2) is 66.7 Å². The van der Waals surface area contributed by atoms with E-state index in [2.05, 4.69) is 5.32 Å². The third-order valence-corrected chi connectivity index (χ3v) is 6.61. The van der Waals surface area contributed by atoms with E-state index in [4.69, 9.17) is 38.0 Å². The van der Waals surface area contributed by atoms with Crippen molar-refractivity contribution in [1.29, 1.82) is 0 Å². The van der Waals surface area contributed by atoms with Crippen LogP contribution in [0.2, 0.25) is 5.02 Å². The highest BCUT2D eigenvalue weighted by Gasteiger charge is 2.44. The van der Waals surface area contributed by atoms with Crippen LogP contribution in [0, 0.1) is 0 Å². The van der Waals surface area contributed by atoms with Gasteiger partial charge in [-0.3, -0.25) is 14.5 Å². The summed E-state index contributed by atoms with van der Waals surface area (Å²) in [7, 11) is 1.57. The first-order valence-electron chi connectivity index (χ1n) is 11.2. The number of nitrogens with one attached hydrogen (secondary N) is 1. The molecule has 5 rings (SSSR count). The van der Waals surface area contributed by atoms with E-state index in [0.717, 1.165) is 5.56 Å².